The van der Waals surface area contributed by atoms with Gasteiger partial charge in [-0.25, -0.2) is 0 Å². The highest BCUT2D eigenvalue weighted by Gasteiger charge is 2.38. The normalized spacial score (nSPS) is 21.7. The lowest BCUT2D eigenvalue weighted by Gasteiger charge is -2.31. The number of carbonyl (C=O) groups is 1. The van der Waals surface area contributed by atoms with Crippen molar-refractivity contribution in [3.05, 3.63) is 45.7 Å². The van der Waals surface area contributed by atoms with Crippen LogP contribution < -0.4 is 4.90 Å². The highest BCUT2D eigenvalue weighted by Crippen LogP contribution is 2.33. The van der Waals surface area contributed by atoms with Gasteiger partial charge >= 0.3 is 0 Å². The van der Waals surface area contributed by atoms with E-state index in [1.165, 1.54) is 11.3 Å². The van der Waals surface area contributed by atoms with E-state index in [1.54, 1.807) is 17.0 Å². The molecule has 5 nitrogen and oxygen atoms in total. The third-order valence-electron chi connectivity index (χ3n) is 4.65. The number of carbonyl (C=O) groups excluding carboxylic acids is 1. The van der Waals surface area contributed by atoms with Gasteiger partial charge in [-0.3, -0.25) is 14.8 Å². The molecule has 0 aliphatic carbocycles. The Balaban J connectivity index is 1.54. The number of nitrogens with zero attached hydrogens (tertiary/aromatic N) is 3. The molecular weight excluding hydrogens is 335 g/mol. The molecule has 1 atom stereocenters. The Morgan fingerprint density at radius 1 is 1.26 bits per heavy atom. The summed E-state index contributed by atoms with van der Waals surface area (Å²) in [6.45, 7) is 2.32. The standard InChI is InChI=1S/C16H16Cl2N4O/c17-11-1-2-14(12(18)7-11)22-6-4-15(16(22)23)21-5-3-13-10(9-21)8-19-20-13/h1-2,7-8,15H,3-6,9H2,(H,19,20). The number of aromatic amines is 1. The molecule has 1 amide bonds. The van der Waals surface area contributed by atoms with Crippen molar-refractivity contribution < 1.29 is 4.79 Å². The lowest BCUT2D eigenvalue weighted by Crippen LogP contribution is -2.44. The Hall–Kier alpha value is -1.56. The molecular formula is C16H16Cl2N4O. The molecule has 1 saturated heterocycles. The first-order valence-corrected chi connectivity index (χ1v) is 8.40. The van der Waals surface area contributed by atoms with Crippen molar-refractivity contribution in [3.63, 3.8) is 0 Å². The van der Waals surface area contributed by atoms with E-state index in [1.807, 2.05) is 12.3 Å². The van der Waals surface area contributed by atoms with Gasteiger partial charge in [0.1, 0.15) is 0 Å². The number of hydrogen-bond donors (Lipinski definition) is 1. The minimum Gasteiger partial charge on any atom is -0.310 e. The minimum atomic E-state index is -0.0928. The van der Waals surface area contributed by atoms with E-state index in [-0.39, 0.29) is 11.9 Å². The van der Waals surface area contributed by atoms with Gasteiger partial charge in [0.05, 0.1) is 22.9 Å². The molecule has 4 rings (SSSR count). The van der Waals surface area contributed by atoms with Crippen molar-refractivity contribution >= 4 is 34.8 Å². The second-order valence-corrected chi connectivity index (χ2v) is 6.83. The average molecular weight is 351 g/mol. The molecule has 1 unspecified atom stereocenters. The number of H-pyrrole nitrogens is 1. The van der Waals surface area contributed by atoms with E-state index in [2.05, 4.69) is 15.1 Å². The molecule has 1 fully saturated rings. The van der Waals surface area contributed by atoms with Gasteiger partial charge in [-0.2, -0.15) is 5.10 Å². The van der Waals surface area contributed by atoms with Crippen LogP contribution in [0.3, 0.4) is 0 Å². The Morgan fingerprint density at radius 2 is 2.13 bits per heavy atom. The molecule has 1 N–H and O–H groups in total. The molecule has 3 heterocycles. The van der Waals surface area contributed by atoms with E-state index < -0.39 is 0 Å². The van der Waals surface area contributed by atoms with Crippen molar-refractivity contribution in [1.82, 2.24) is 15.1 Å². The van der Waals surface area contributed by atoms with Crippen LogP contribution in [0, 0.1) is 0 Å². The topological polar surface area (TPSA) is 52.2 Å². The minimum absolute atomic E-state index is 0.0928. The van der Waals surface area contributed by atoms with E-state index in [0.29, 0.717) is 16.6 Å². The zero-order valence-electron chi connectivity index (χ0n) is 12.4. The number of anilines is 1. The summed E-state index contributed by atoms with van der Waals surface area (Å²) in [6.07, 6.45) is 3.57. The Bertz CT molecular complexity index is 760. The summed E-state index contributed by atoms with van der Waals surface area (Å²) in [5, 5.41) is 8.21. The van der Waals surface area contributed by atoms with Crippen LogP contribution in [-0.4, -0.2) is 40.1 Å². The fourth-order valence-electron chi connectivity index (χ4n) is 3.45. The number of aromatic nitrogens is 2. The zero-order valence-corrected chi connectivity index (χ0v) is 13.9. The monoisotopic (exact) mass is 350 g/mol. The molecule has 23 heavy (non-hydrogen) atoms. The summed E-state index contributed by atoms with van der Waals surface area (Å²) < 4.78 is 0. The fraction of sp³-hybridized carbons (Fsp3) is 0.375. The highest BCUT2D eigenvalue weighted by atomic mass is 35.5. The Morgan fingerprint density at radius 3 is 2.96 bits per heavy atom. The zero-order chi connectivity index (χ0) is 16.0. The summed E-state index contributed by atoms with van der Waals surface area (Å²) in [6, 6.07) is 5.17. The number of amides is 1. The predicted octanol–water partition coefficient (Wildman–Crippen LogP) is 2.88. The van der Waals surface area contributed by atoms with E-state index in [0.717, 1.165) is 31.6 Å². The smallest absolute Gasteiger partial charge is 0.244 e. The third kappa shape index (κ3) is 2.63. The fourth-order valence-corrected chi connectivity index (χ4v) is 3.96. The van der Waals surface area contributed by atoms with E-state index >= 15 is 0 Å². The summed E-state index contributed by atoms with van der Waals surface area (Å²) >= 11 is 12.2. The van der Waals surface area contributed by atoms with E-state index in [4.69, 9.17) is 23.2 Å². The summed E-state index contributed by atoms with van der Waals surface area (Å²) in [4.78, 5) is 16.9. The molecule has 1 aromatic carbocycles. The van der Waals surface area contributed by atoms with Gasteiger partial charge in [-0.1, -0.05) is 23.2 Å². The number of fused-ring (bicyclic) bond motifs is 1. The first-order chi connectivity index (χ1) is 11.1. The van der Waals surface area contributed by atoms with Crippen LogP contribution in [0.4, 0.5) is 5.69 Å². The number of benzene rings is 1. The maximum atomic E-state index is 12.9. The largest absolute Gasteiger partial charge is 0.310 e. The quantitative estimate of drug-likeness (QED) is 0.905. The third-order valence-corrected chi connectivity index (χ3v) is 5.19. The maximum Gasteiger partial charge on any atom is 0.244 e. The molecule has 0 spiro atoms. The van der Waals surface area contributed by atoms with Crippen LogP contribution in [0.25, 0.3) is 0 Å². The highest BCUT2D eigenvalue weighted by molar-refractivity contribution is 6.36. The van der Waals surface area contributed by atoms with Gasteiger partial charge in [-0.05, 0) is 24.6 Å². The van der Waals surface area contributed by atoms with Crippen molar-refractivity contribution in [2.75, 3.05) is 18.0 Å². The van der Waals surface area contributed by atoms with Gasteiger partial charge in [0.15, 0.2) is 0 Å². The summed E-state index contributed by atoms with van der Waals surface area (Å²) in [5.74, 6) is 0.112. The maximum absolute atomic E-state index is 12.9. The Labute approximate surface area is 144 Å². The van der Waals surface area contributed by atoms with Crippen LogP contribution in [0.1, 0.15) is 17.7 Å². The van der Waals surface area contributed by atoms with Crippen molar-refractivity contribution in [2.45, 2.75) is 25.4 Å². The van der Waals surface area contributed by atoms with Crippen LogP contribution in [-0.2, 0) is 17.8 Å². The SMILES string of the molecule is O=C1C(N2CCc3[nH]ncc3C2)CCN1c1ccc(Cl)cc1Cl. The first-order valence-electron chi connectivity index (χ1n) is 7.65. The number of halogens is 2. The van der Waals surface area contributed by atoms with E-state index in [9.17, 15) is 4.79 Å². The van der Waals surface area contributed by atoms with Crippen molar-refractivity contribution in [1.29, 1.82) is 0 Å². The molecule has 2 aliphatic heterocycles. The van der Waals surface area contributed by atoms with Crippen LogP contribution >= 0.6 is 23.2 Å². The molecule has 7 heteroatoms. The van der Waals surface area contributed by atoms with Gasteiger partial charge < -0.3 is 4.90 Å². The van der Waals surface area contributed by atoms with Gasteiger partial charge in [0, 0.05) is 42.3 Å². The lowest BCUT2D eigenvalue weighted by molar-refractivity contribution is -0.122. The van der Waals surface area contributed by atoms with Crippen molar-refractivity contribution in [3.8, 4) is 0 Å². The molecule has 0 saturated carbocycles. The number of rotatable bonds is 2. The molecule has 2 aliphatic rings. The number of nitrogens with one attached hydrogen (secondary N) is 1. The summed E-state index contributed by atoms with van der Waals surface area (Å²) in [7, 11) is 0. The van der Waals surface area contributed by atoms with Crippen molar-refractivity contribution in [2.24, 2.45) is 0 Å². The first kappa shape index (κ1) is 15.0. The molecule has 120 valence electrons. The molecule has 2 aromatic rings. The molecule has 0 radical (unpaired) electrons. The lowest BCUT2D eigenvalue weighted by atomic mass is 10.1. The molecule has 1 aromatic heterocycles. The van der Waals surface area contributed by atoms with Gasteiger partial charge in [-0.15, -0.1) is 0 Å². The van der Waals surface area contributed by atoms with Crippen LogP contribution in [0.2, 0.25) is 10.0 Å². The van der Waals surface area contributed by atoms with Gasteiger partial charge in [0.2, 0.25) is 5.91 Å². The predicted molar refractivity (Wildman–Crippen MR) is 89.9 cm³/mol. The second-order valence-electron chi connectivity index (χ2n) is 5.98. The number of hydrogen-bond acceptors (Lipinski definition) is 3. The Kier molecular flexibility index (Phi) is 3.79. The van der Waals surface area contributed by atoms with Crippen LogP contribution in [0.15, 0.2) is 24.4 Å². The van der Waals surface area contributed by atoms with Crippen LogP contribution in [0.5, 0.6) is 0 Å². The summed E-state index contributed by atoms with van der Waals surface area (Å²) in [5.41, 5.74) is 3.11. The second kappa shape index (κ2) is 5.82. The molecule has 0 bridgehead atoms. The van der Waals surface area contributed by atoms with Gasteiger partial charge in [0.25, 0.3) is 0 Å². The average Bonchev–Trinajstić information content (AvgIpc) is 3.13.